The van der Waals surface area contributed by atoms with Crippen molar-refractivity contribution in [2.75, 3.05) is 19.8 Å². The fourth-order valence-electron chi connectivity index (χ4n) is 4.76. The first-order valence-electron chi connectivity index (χ1n) is 12.1. The van der Waals surface area contributed by atoms with Crippen molar-refractivity contribution in [1.82, 2.24) is 14.9 Å². The first-order chi connectivity index (χ1) is 17.0. The summed E-state index contributed by atoms with van der Waals surface area (Å²) in [5.74, 6) is 1.12. The summed E-state index contributed by atoms with van der Waals surface area (Å²) in [5, 5.41) is 28.7. The lowest BCUT2D eigenvalue weighted by Crippen LogP contribution is -2.43. The van der Waals surface area contributed by atoms with Crippen molar-refractivity contribution in [3.63, 3.8) is 0 Å². The molecule has 0 unspecified atom stereocenters. The van der Waals surface area contributed by atoms with Crippen LogP contribution in [-0.4, -0.2) is 57.0 Å². The van der Waals surface area contributed by atoms with Crippen LogP contribution < -0.4 is 4.74 Å². The third-order valence-electron chi connectivity index (χ3n) is 6.53. The highest BCUT2D eigenvalue weighted by Crippen LogP contribution is 2.33. The molecule has 0 aliphatic carbocycles. The number of aliphatic hydroxyl groups excluding tert-OH is 2. The van der Waals surface area contributed by atoms with E-state index in [0.29, 0.717) is 17.1 Å². The van der Waals surface area contributed by atoms with Gasteiger partial charge in [-0.2, -0.15) is 5.26 Å². The van der Waals surface area contributed by atoms with Crippen molar-refractivity contribution in [3.05, 3.63) is 65.0 Å². The van der Waals surface area contributed by atoms with Crippen LogP contribution in [0.3, 0.4) is 0 Å². The van der Waals surface area contributed by atoms with Crippen LogP contribution in [0.5, 0.6) is 5.75 Å². The maximum absolute atomic E-state index is 9.56. The Morgan fingerprint density at radius 3 is 2.46 bits per heavy atom. The number of nitrogens with zero attached hydrogens (tertiary/aromatic N) is 4. The minimum atomic E-state index is -0.221. The molecule has 1 aromatic heterocycles. The number of rotatable bonds is 8. The SMILES string of the molecule is CCc1c(-c2cnc(-c3ccc(OC(C)C)c(C#N)c3)nc2)ccc2c1CCN(C(CO)CO)C2. The zero-order chi connectivity index (χ0) is 24.9. The van der Waals surface area contributed by atoms with Crippen molar-refractivity contribution in [2.24, 2.45) is 0 Å². The standard InChI is InChI=1S/C28H32N4O3/c1-4-24-25(7-5-20-15-32(10-9-26(20)24)23(16-33)17-34)22-13-30-28(31-14-22)19-6-8-27(35-18(2)3)21(11-19)12-29/h5-8,11,13-14,18,23,33-34H,4,9-10,15-17H2,1-3H3. The smallest absolute Gasteiger partial charge is 0.159 e. The van der Waals surface area contributed by atoms with E-state index >= 15 is 0 Å². The van der Waals surface area contributed by atoms with Crippen LogP contribution in [0.15, 0.2) is 42.7 Å². The molecule has 4 rings (SSSR count). The van der Waals surface area contributed by atoms with Gasteiger partial charge in [-0.3, -0.25) is 4.90 Å². The number of benzene rings is 2. The number of ether oxygens (including phenoxy) is 1. The molecule has 0 amide bonds. The molecule has 0 saturated carbocycles. The summed E-state index contributed by atoms with van der Waals surface area (Å²) >= 11 is 0. The summed E-state index contributed by atoms with van der Waals surface area (Å²) in [6.45, 7) is 7.46. The van der Waals surface area contributed by atoms with E-state index in [4.69, 9.17) is 4.74 Å². The first-order valence-corrected chi connectivity index (χ1v) is 12.1. The Kier molecular flexibility index (Phi) is 7.76. The summed E-state index contributed by atoms with van der Waals surface area (Å²) < 4.78 is 5.72. The van der Waals surface area contributed by atoms with E-state index in [-0.39, 0.29) is 25.4 Å². The van der Waals surface area contributed by atoms with Crippen molar-refractivity contribution in [2.45, 2.75) is 52.3 Å². The van der Waals surface area contributed by atoms with Crippen LogP contribution in [0.25, 0.3) is 22.5 Å². The van der Waals surface area contributed by atoms with Gasteiger partial charge in [0.1, 0.15) is 11.8 Å². The number of hydrogen-bond acceptors (Lipinski definition) is 7. The van der Waals surface area contributed by atoms with Gasteiger partial charge in [0.2, 0.25) is 0 Å². The second-order valence-electron chi connectivity index (χ2n) is 9.11. The predicted molar refractivity (Wildman–Crippen MR) is 135 cm³/mol. The first kappa shape index (κ1) is 24.8. The molecule has 2 heterocycles. The van der Waals surface area contributed by atoms with Crippen LogP contribution in [0.1, 0.15) is 43.0 Å². The third-order valence-corrected chi connectivity index (χ3v) is 6.53. The lowest BCUT2D eigenvalue weighted by molar-refractivity contribution is 0.0650. The van der Waals surface area contributed by atoms with Gasteiger partial charge in [0.25, 0.3) is 0 Å². The van der Waals surface area contributed by atoms with Crippen molar-refractivity contribution in [3.8, 4) is 34.3 Å². The maximum atomic E-state index is 9.56. The molecule has 2 aromatic carbocycles. The van der Waals surface area contributed by atoms with Gasteiger partial charge in [0, 0.05) is 36.6 Å². The van der Waals surface area contributed by atoms with Crippen LogP contribution in [0.4, 0.5) is 0 Å². The van der Waals surface area contributed by atoms with Gasteiger partial charge in [-0.1, -0.05) is 19.1 Å². The van der Waals surface area contributed by atoms with Crippen LogP contribution in [-0.2, 0) is 19.4 Å². The molecule has 0 atom stereocenters. The number of aliphatic hydroxyl groups is 2. The predicted octanol–water partition coefficient (Wildman–Crippen LogP) is 3.74. The maximum Gasteiger partial charge on any atom is 0.159 e. The van der Waals surface area contributed by atoms with Gasteiger partial charge in [0.15, 0.2) is 5.82 Å². The third kappa shape index (κ3) is 5.20. The Morgan fingerprint density at radius 2 is 1.83 bits per heavy atom. The number of fused-ring (bicyclic) bond motifs is 1. The summed E-state index contributed by atoms with van der Waals surface area (Å²) in [7, 11) is 0. The molecule has 2 N–H and O–H groups in total. The van der Waals surface area contributed by atoms with Crippen molar-refractivity contribution >= 4 is 0 Å². The van der Waals surface area contributed by atoms with Gasteiger partial charge in [-0.05, 0) is 67.1 Å². The Labute approximate surface area is 206 Å². The minimum absolute atomic E-state index is 0.0123. The van der Waals surface area contributed by atoms with Gasteiger partial charge >= 0.3 is 0 Å². The lowest BCUT2D eigenvalue weighted by atomic mass is 9.87. The topological polar surface area (TPSA) is 102 Å². The highest BCUT2D eigenvalue weighted by Gasteiger charge is 2.25. The summed E-state index contributed by atoms with van der Waals surface area (Å²) in [4.78, 5) is 11.4. The Hall–Kier alpha value is -3.31. The lowest BCUT2D eigenvalue weighted by Gasteiger charge is -2.35. The molecular formula is C28H32N4O3. The largest absolute Gasteiger partial charge is 0.490 e. The quantitative estimate of drug-likeness (QED) is 0.515. The molecule has 0 spiro atoms. The minimum Gasteiger partial charge on any atom is -0.490 e. The van der Waals surface area contributed by atoms with E-state index in [2.05, 4.69) is 40.0 Å². The average Bonchev–Trinajstić information content (AvgIpc) is 2.88. The van der Waals surface area contributed by atoms with E-state index in [1.165, 1.54) is 16.7 Å². The second-order valence-corrected chi connectivity index (χ2v) is 9.11. The van der Waals surface area contributed by atoms with E-state index in [0.717, 1.165) is 42.6 Å². The second kappa shape index (κ2) is 11.0. The molecule has 0 fully saturated rings. The Balaban J connectivity index is 1.61. The van der Waals surface area contributed by atoms with Crippen molar-refractivity contribution < 1.29 is 14.9 Å². The fourth-order valence-corrected chi connectivity index (χ4v) is 4.76. The monoisotopic (exact) mass is 472 g/mol. The number of nitriles is 1. The molecule has 0 saturated heterocycles. The summed E-state index contributed by atoms with van der Waals surface area (Å²) in [6, 6.07) is 11.7. The van der Waals surface area contributed by atoms with Crippen LogP contribution >= 0.6 is 0 Å². The van der Waals surface area contributed by atoms with Gasteiger partial charge in [0.05, 0.1) is 30.9 Å². The average molecular weight is 473 g/mol. The Bertz CT molecular complexity index is 1210. The van der Waals surface area contributed by atoms with E-state index in [1.54, 1.807) is 12.1 Å². The molecular weight excluding hydrogens is 440 g/mol. The van der Waals surface area contributed by atoms with Gasteiger partial charge in [-0.15, -0.1) is 0 Å². The zero-order valence-electron chi connectivity index (χ0n) is 20.5. The van der Waals surface area contributed by atoms with E-state index in [9.17, 15) is 15.5 Å². The number of aromatic nitrogens is 2. The molecule has 7 heteroatoms. The van der Waals surface area contributed by atoms with Crippen molar-refractivity contribution in [1.29, 1.82) is 5.26 Å². The summed E-state index contributed by atoms with van der Waals surface area (Å²) in [5.41, 5.74) is 7.21. The molecule has 182 valence electrons. The molecule has 0 bridgehead atoms. The highest BCUT2D eigenvalue weighted by atomic mass is 16.5. The Morgan fingerprint density at radius 1 is 1.09 bits per heavy atom. The molecule has 0 radical (unpaired) electrons. The van der Waals surface area contributed by atoms with Crippen LogP contribution in [0, 0.1) is 11.3 Å². The van der Waals surface area contributed by atoms with E-state index in [1.807, 2.05) is 32.3 Å². The highest BCUT2D eigenvalue weighted by molar-refractivity contribution is 5.70. The van der Waals surface area contributed by atoms with Gasteiger partial charge < -0.3 is 14.9 Å². The fraction of sp³-hybridized carbons (Fsp3) is 0.393. The summed E-state index contributed by atoms with van der Waals surface area (Å²) in [6.07, 6.45) is 5.45. The molecule has 1 aliphatic heterocycles. The van der Waals surface area contributed by atoms with Crippen LogP contribution in [0.2, 0.25) is 0 Å². The molecule has 7 nitrogen and oxygen atoms in total. The zero-order valence-corrected chi connectivity index (χ0v) is 20.5. The van der Waals surface area contributed by atoms with E-state index < -0.39 is 0 Å². The van der Waals surface area contributed by atoms with Gasteiger partial charge in [-0.25, -0.2) is 9.97 Å². The molecule has 3 aromatic rings. The molecule has 35 heavy (non-hydrogen) atoms. The normalized spacial score (nSPS) is 13.7. The molecule has 1 aliphatic rings. The number of hydrogen-bond donors (Lipinski definition) is 2.